The van der Waals surface area contributed by atoms with Crippen LogP contribution in [-0.4, -0.2) is 38.9 Å². The Morgan fingerprint density at radius 3 is 3.04 bits per heavy atom. The number of hydrogen-bond donors (Lipinski definition) is 2. The first-order valence-corrected chi connectivity index (χ1v) is 8.57. The third-order valence-corrected chi connectivity index (χ3v) is 4.11. The fourth-order valence-electron chi connectivity index (χ4n) is 2.83. The van der Waals surface area contributed by atoms with E-state index >= 15 is 0 Å². The summed E-state index contributed by atoms with van der Waals surface area (Å²) in [5, 5.41) is 6.72. The van der Waals surface area contributed by atoms with Crippen LogP contribution >= 0.6 is 11.6 Å². The molecule has 6 heteroatoms. The van der Waals surface area contributed by atoms with E-state index in [0.717, 1.165) is 31.5 Å². The second kappa shape index (κ2) is 9.75. The third-order valence-electron chi connectivity index (χ3n) is 3.88. The van der Waals surface area contributed by atoms with Crippen LogP contribution in [0.25, 0.3) is 0 Å². The van der Waals surface area contributed by atoms with Crippen LogP contribution in [0.3, 0.4) is 0 Å². The van der Waals surface area contributed by atoms with E-state index in [-0.39, 0.29) is 12.7 Å². The minimum absolute atomic E-state index is 0.0423. The Hall–Kier alpha value is -1.30. The molecule has 0 radical (unpaired) electrons. The molecule has 0 aliphatic carbocycles. The molecule has 2 rings (SSSR count). The van der Waals surface area contributed by atoms with Gasteiger partial charge in [-0.1, -0.05) is 23.7 Å². The van der Waals surface area contributed by atoms with Gasteiger partial charge in [-0.05, 0) is 44.0 Å². The van der Waals surface area contributed by atoms with E-state index in [9.17, 15) is 4.79 Å². The standard InChI is InChI=1S/C17H25ClN2O3/c1-2-20-17(21)23-10-9-22-16(14-6-4-8-19-12-14)13-5-3-7-15(18)11-13/h3,5,7,11,14,16,19H,2,4,6,8-10,12H2,1H3,(H,20,21)/t14-,16+/m1/s1. The maximum atomic E-state index is 11.3. The van der Waals surface area contributed by atoms with Crippen molar-refractivity contribution in [1.82, 2.24) is 10.6 Å². The molecule has 2 N–H and O–H groups in total. The lowest BCUT2D eigenvalue weighted by Gasteiger charge is -2.31. The van der Waals surface area contributed by atoms with Crippen molar-refractivity contribution in [3.05, 3.63) is 34.9 Å². The van der Waals surface area contributed by atoms with Crippen LogP contribution in [0.5, 0.6) is 0 Å². The number of amides is 1. The van der Waals surface area contributed by atoms with E-state index < -0.39 is 6.09 Å². The van der Waals surface area contributed by atoms with Gasteiger partial charge in [-0.25, -0.2) is 4.79 Å². The van der Waals surface area contributed by atoms with Gasteiger partial charge < -0.3 is 20.1 Å². The van der Waals surface area contributed by atoms with Crippen molar-refractivity contribution < 1.29 is 14.3 Å². The number of piperidine rings is 1. The number of halogens is 1. The van der Waals surface area contributed by atoms with Crippen molar-refractivity contribution in [1.29, 1.82) is 0 Å². The first kappa shape index (κ1) is 18.0. The molecule has 2 atom stereocenters. The number of carbonyl (C=O) groups excluding carboxylic acids is 1. The Bertz CT molecular complexity index is 492. The number of carbonyl (C=O) groups is 1. The third kappa shape index (κ3) is 6.01. The SMILES string of the molecule is CCNC(=O)OCCO[C@@H](c1cccc(Cl)c1)[C@@H]1CCCNC1. The quantitative estimate of drug-likeness (QED) is 0.749. The summed E-state index contributed by atoms with van der Waals surface area (Å²) in [6.45, 7) is 4.99. The second-order valence-corrected chi connectivity index (χ2v) is 6.06. The lowest BCUT2D eigenvalue weighted by Crippen LogP contribution is -2.34. The zero-order valence-corrected chi connectivity index (χ0v) is 14.3. The molecule has 1 aliphatic heterocycles. The lowest BCUT2D eigenvalue weighted by atomic mass is 9.89. The maximum Gasteiger partial charge on any atom is 0.407 e. The average Bonchev–Trinajstić information content (AvgIpc) is 2.56. The highest BCUT2D eigenvalue weighted by molar-refractivity contribution is 6.30. The molecule has 1 saturated heterocycles. The molecular formula is C17H25ClN2O3. The van der Waals surface area contributed by atoms with Crippen molar-refractivity contribution >= 4 is 17.7 Å². The van der Waals surface area contributed by atoms with Crippen LogP contribution in [0.15, 0.2) is 24.3 Å². The van der Waals surface area contributed by atoms with Gasteiger partial charge in [0.05, 0.1) is 12.7 Å². The highest BCUT2D eigenvalue weighted by Gasteiger charge is 2.26. The molecule has 0 unspecified atom stereocenters. The van der Waals surface area contributed by atoms with E-state index in [4.69, 9.17) is 21.1 Å². The summed E-state index contributed by atoms with van der Waals surface area (Å²) in [5.74, 6) is 0.395. The van der Waals surface area contributed by atoms with Crippen molar-refractivity contribution in [3.8, 4) is 0 Å². The van der Waals surface area contributed by atoms with E-state index in [0.29, 0.717) is 24.1 Å². The van der Waals surface area contributed by atoms with Crippen molar-refractivity contribution in [2.24, 2.45) is 5.92 Å². The molecule has 1 heterocycles. The van der Waals surface area contributed by atoms with Gasteiger partial charge in [0, 0.05) is 24.0 Å². The summed E-state index contributed by atoms with van der Waals surface area (Å²) in [7, 11) is 0. The van der Waals surface area contributed by atoms with Gasteiger partial charge in [-0.3, -0.25) is 0 Å². The lowest BCUT2D eigenvalue weighted by molar-refractivity contribution is -0.0164. The van der Waals surface area contributed by atoms with Gasteiger partial charge in [0.25, 0.3) is 0 Å². The minimum atomic E-state index is -0.408. The first-order chi connectivity index (χ1) is 11.2. The molecule has 1 aromatic carbocycles. The van der Waals surface area contributed by atoms with Gasteiger partial charge in [0.2, 0.25) is 0 Å². The normalized spacial score (nSPS) is 19.1. The molecule has 1 fully saturated rings. The molecule has 0 bridgehead atoms. The number of rotatable bonds is 7. The molecule has 128 valence electrons. The van der Waals surface area contributed by atoms with Crippen LogP contribution in [0.2, 0.25) is 5.02 Å². The van der Waals surface area contributed by atoms with Crippen molar-refractivity contribution in [2.75, 3.05) is 32.8 Å². The average molecular weight is 341 g/mol. The Balaban J connectivity index is 1.92. The fraction of sp³-hybridized carbons (Fsp3) is 0.588. The van der Waals surface area contributed by atoms with Crippen molar-refractivity contribution in [2.45, 2.75) is 25.9 Å². The molecule has 0 spiro atoms. The molecule has 5 nitrogen and oxygen atoms in total. The monoisotopic (exact) mass is 340 g/mol. The highest BCUT2D eigenvalue weighted by atomic mass is 35.5. The molecule has 1 amide bonds. The highest BCUT2D eigenvalue weighted by Crippen LogP contribution is 2.31. The Labute approximate surface area is 142 Å². The first-order valence-electron chi connectivity index (χ1n) is 8.19. The Morgan fingerprint density at radius 2 is 2.35 bits per heavy atom. The van der Waals surface area contributed by atoms with Crippen LogP contribution in [0, 0.1) is 5.92 Å². The molecule has 1 aromatic rings. The number of ether oxygens (including phenoxy) is 2. The summed E-state index contributed by atoms with van der Waals surface area (Å²) in [5.41, 5.74) is 1.07. The Kier molecular flexibility index (Phi) is 7.65. The summed E-state index contributed by atoms with van der Waals surface area (Å²) in [6.07, 6.45) is 1.80. The van der Waals surface area contributed by atoms with Gasteiger partial charge in [0.15, 0.2) is 0 Å². The summed E-state index contributed by atoms with van der Waals surface area (Å²) < 4.78 is 11.1. The van der Waals surface area contributed by atoms with Crippen LogP contribution in [0.4, 0.5) is 4.79 Å². The van der Waals surface area contributed by atoms with E-state index in [1.165, 1.54) is 0 Å². The van der Waals surface area contributed by atoms with E-state index in [1.807, 2.05) is 31.2 Å². The fourth-order valence-corrected chi connectivity index (χ4v) is 3.03. The van der Waals surface area contributed by atoms with Gasteiger partial charge in [-0.15, -0.1) is 0 Å². The van der Waals surface area contributed by atoms with Gasteiger partial charge >= 0.3 is 6.09 Å². The summed E-state index contributed by atoms with van der Waals surface area (Å²) in [6, 6.07) is 7.79. The van der Waals surface area contributed by atoms with E-state index in [2.05, 4.69) is 10.6 Å². The number of hydrogen-bond acceptors (Lipinski definition) is 4. The second-order valence-electron chi connectivity index (χ2n) is 5.62. The minimum Gasteiger partial charge on any atom is -0.447 e. The number of alkyl carbamates (subject to hydrolysis) is 1. The summed E-state index contributed by atoms with van der Waals surface area (Å²) in [4.78, 5) is 11.3. The molecule has 1 aliphatic rings. The van der Waals surface area contributed by atoms with Gasteiger partial charge in [0.1, 0.15) is 6.61 Å². The topological polar surface area (TPSA) is 59.6 Å². The number of nitrogens with one attached hydrogen (secondary N) is 2. The van der Waals surface area contributed by atoms with Crippen LogP contribution in [-0.2, 0) is 9.47 Å². The molecule has 23 heavy (non-hydrogen) atoms. The predicted molar refractivity (Wildman–Crippen MR) is 90.8 cm³/mol. The zero-order valence-electron chi connectivity index (χ0n) is 13.5. The molecule has 0 aromatic heterocycles. The maximum absolute atomic E-state index is 11.3. The summed E-state index contributed by atoms with van der Waals surface area (Å²) >= 11 is 6.12. The predicted octanol–water partition coefficient (Wildman–Crippen LogP) is 3.14. The smallest absolute Gasteiger partial charge is 0.407 e. The molecule has 0 saturated carbocycles. The van der Waals surface area contributed by atoms with Crippen molar-refractivity contribution in [3.63, 3.8) is 0 Å². The van der Waals surface area contributed by atoms with Crippen LogP contribution < -0.4 is 10.6 Å². The zero-order chi connectivity index (χ0) is 16.5. The number of benzene rings is 1. The van der Waals surface area contributed by atoms with Crippen LogP contribution in [0.1, 0.15) is 31.4 Å². The molecular weight excluding hydrogens is 316 g/mol. The van der Waals surface area contributed by atoms with E-state index in [1.54, 1.807) is 0 Å². The largest absolute Gasteiger partial charge is 0.447 e. The Morgan fingerprint density at radius 1 is 1.48 bits per heavy atom. The van der Waals surface area contributed by atoms with Gasteiger partial charge in [-0.2, -0.15) is 0 Å².